The van der Waals surface area contributed by atoms with Gasteiger partial charge in [0, 0.05) is 6.42 Å². The minimum Gasteiger partial charge on any atom is -0.491 e. The fourth-order valence-electron chi connectivity index (χ4n) is 4.18. The van der Waals surface area contributed by atoms with Crippen molar-refractivity contribution in [3.63, 3.8) is 0 Å². The lowest BCUT2D eigenvalue weighted by atomic mass is 9.94. The lowest BCUT2D eigenvalue weighted by Crippen LogP contribution is -2.21. The first-order valence-electron chi connectivity index (χ1n) is 11.4. The van der Waals surface area contributed by atoms with E-state index in [1.807, 2.05) is 62.4 Å². The lowest BCUT2D eigenvalue weighted by Gasteiger charge is -2.16. The number of aryl methyl sites for hydroxylation is 2. The van der Waals surface area contributed by atoms with E-state index in [1.54, 1.807) is 0 Å². The Morgan fingerprint density at radius 3 is 2.37 bits per heavy atom. The van der Waals surface area contributed by atoms with Gasteiger partial charge in [0.25, 0.3) is 0 Å². The standard InChI is InChI=1S/C27H29NO6S/c1-17-10-24(34-16-22(30)14-29)11-18(2)27(17)21-5-3-4-19(12-21)15-33-23-8-6-20(7-9-23)25-13-26(31)28-35(25)32/h3-12,22,25,29-30H,13-16H2,1-2H3,(H,28,31). The average Bonchev–Trinajstić information content (AvgIpc) is 3.19. The first kappa shape index (κ1) is 24.9. The summed E-state index contributed by atoms with van der Waals surface area (Å²) in [7, 11) is -1.38. The highest BCUT2D eigenvalue weighted by Gasteiger charge is 2.30. The van der Waals surface area contributed by atoms with Crippen LogP contribution in [0.3, 0.4) is 0 Å². The Balaban J connectivity index is 1.43. The molecule has 1 aliphatic rings. The smallest absolute Gasteiger partial charge is 0.233 e. The summed E-state index contributed by atoms with van der Waals surface area (Å²) < 4.78 is 26.0. The second-order valence-corrected chi connectivity index (χ2v) is 10.0. The van der Waals surface area contributed by atoms with Crippen molar-refractivity contribution in [3.05, 3.63) is 82.9 Å². The van der Waals surface area contributed by atoms with Crippen molar-refractivity contribution < 1.29 is 28.7 Å². The Hall–Kier alpha value is -3.20. The highest BCUT2D eigenvalue weighted by atomic mass is 32.2. The van der Waals surface area contributed by atoms with E-state index in [0.29, 0.717) is 18.1 Å². The molecule has 0 radical (unpaired) electrons. The summed E-state index contributed by atoms with van der Waals surface area (Å²) in [6.07, 6.45) is -0.674. The highest BCUT2D eigenvalue weighted by Crippen LogP contribution is 2.32. The molecule has 4 rings (SSSR count). The zero-order valence-electron chi connectivity index (χ0n) is 19.7. The van der Waals surface area contributed by atoms with Gasteiger partial charge in [-0.1, -0.05) is 30.3 Å². The molecule has 0 saturated carbocycles. The van der Waals surface area contributed by atoms with Crippen LogP contribution in [-0.4, -0.2) is 39.6 Å². The van der Waals surface area contributed by atoms with Crippen LogP contribution in [-0.2, 0) is 22.4 Å². The van der Waals surface area contributed by atoms with Crippen LogP contribution in [0.4, 0.5) is 0 Å². The predicted molar refractivity (Wildman–Crippen MR) is 134 cm³/mol. The number of carbonyl (C=O) groups excluding carboxylic acids is 1. The fraction of sp³-hybridized carbons (Fsp3) is 0.296. The van der Waals surface area contributed by atoms with Crippen molar-refractivity contribution in [2.45, 2.75) is 38.2 Å². The molecule has 3 aromatic rings. The van der Waals surface area contributed by atoms with Gasteiger partial charge in [0.2, 0.25) is 5.91 Å². The minimum atomic E-state index is -1.38. The molecule has 3 atom stereocenters. The molecule has 0 aliphatic carbocycles. The van der Waals surface area contributed by atoms with Gasteiger partial charge in [0.1, 0.15) is 41.8 Å². The molecular formula is C27H29NO6S. The summed E-state index contributed by atoms with van der Waals surface area (Å²) in [6, 6.07) is 19.4. The van der Waals surface area contributed by atoms with E-state index in [1.165, 1.54) is 0 Å². The molecule has 0 bridgehead atoms. The van der Waals surface area contributed by atoms with E-state index in [0.717, 1.165) is 33.4 Å². The second-order valence-electron chi connectivity index (χ2n) is 8.65. The Morgan fingerprint density at radius 1 is 1.03 bits per heavy atom. The fourth-order valence-corrected chi connectivity index (χ4v) is 5.34. The molecule has 7 nitrogen and oxygen atoms in total. The first-order valence-corrected chi connectivity index (χ1v) is 12.6. The molecular weight excluding hydrogens is 466 g/mol. The average molecular weight is 496 g/mol. The third kappa shape index (κ3) is 6.08. The Morgan fingerprint density at radius 2 is 1.74 bits per heavy atom. The molecule has 35 heavy (non-hydrogen) atoms. The van der Waals surface area contributed by atoms with Crippen molar-refractivity contribution in [3.8, 4) is 22.6 Å². The summed E-state index contributed by atoms with van der Waals surface area (Å²) in [5.41, 5.74) is 6.14. The summed E-state index contributed by atoms with van der Waals surface area (Å²) in [4.78, 5) is 11.5. The summed E-state index contributed by atoms with van der Waals surface area (Å²) >= 11 is 0. The first-order chi connectivity index (χ1) is 16.8. The van der Waals surface area contributed by atoms with Crippen LogP contribution < -0.4 is 14.2 Å². The highest BCUT2D eigenvalue weighted by molar-refractivity contribution is 7.84. The number of ether oxygens (including phenoxy) is 2. The summed E-state index contributed by atoms with van der Waals surface area (Å²) in [6.45, 7) is 4.12. The van der Waals surface area contributed by atoms with Gasteiger partial charge >= 0.3 is 0 Å². The topological polar surface area (TPSA) is 105 Å². The van der Waals surface area contributed by atoms with Crippen molar-refractivity contribution in [2.24, 2.45) is 0 Å². The third-order valence-electron chi connectivity index (χ3n) is 5.88. The van der Waals surface area contributed by atoms with Gasteiger partial charge in [0.05, 0.1) is 11.9 Å². The van der Waals surface area contributed by atoms with Crippen LogP contribution in [0, 0.1) is 13.8 Å². The monoisotopic (exact) mass is 495 g/mol. The molecule has 1 amide bonds. The number of carbonyl (C=O) groups is 1. The number of hydrogen-bond acceptors (Lipinski definition) is 6. The van der Waals surface area contributed by atoms with E-state index in [4.69, 9.17) is 14.6 Å². The van der Waals surface area contributed by atoms with Gasteiger partial charge < -0.3 is 19.7 Å². The largest absolute Gasteiger partial charge is 0.491 e. The van der Waals surface area contributed by atoms with E-state index >= 15 is 0 Å². The molecule has 3 aromatic carbocycles. The quantitative estimate of drug-likeness (QED) is 0.420. The van der Waals surface area contributed by atoms with Crippen molar-refractivity contribution >= 4 is 16.9 Å². The lowest BCUT2D eigenvalue weighted by molar-refractivity contribution is -0.118. The van der Waals surface area contributed by atoms with Gasteiger partial charge in [0.15, 0.2) is 0 Å². The maximum Gasteiger partial charge on any atom is 0.233 e. The molecule has 1 fully saturated rings. The van der Waals surface area contributed by atoms with Crippen LogP contribution in [0.1, 0.15) is 33.9 Å². The Labute approximate surface area is 207 Å². The van der Waals surface area contributed by atoms with Crippen LogP contribution in [0.2, 0.25) is 0 Å². The Bertz CT molecular complexity index is 1200. The number of benzene rings is 3. The number of rotatable bonds is 9. The minimum absolute atomic E-state index is 0.0378. The number of amides is 1. The molecule has 0 spiro atoms. The molecule has 8 heteroatoms. The Kier molecular flexibility index (Phi) is 7.85. The van der Waals surface area contributed by atoms with Crippen LogP contribution in [0.5, 0.6) is 11.5 Å². The predicted octanol–water partition coefficient (Wildman–Crippen LogP) is 3.51. The van der Waals surface area contributed by atoms with E-state index < -0.39 is 17.1 Å². The molecule has 1 heterocycles. The second kappa shape index (κ2) is 11.0. The van der Waals surface area contributed by atoms with Crippen molar-refractivity contribution in [1.29, 1.82) is 0 Å². The SMILES string of the molecule is Cc1cc(OCC(O)CO)cc(C)c1-c1cccc(COc2ccc(C3CC(=O)NS3=O)cc2)c1. The maximum absolute atomic E-state index is 12.0. The molecule has 3 N–H and O–H groups in total. The molecule has 184 valence electrons. The molecule has 0 aromatic heterocycles. The van der Waals surface area contributed by atoms with Crippen LogP contribution in [0.15, 0.2) is 60.7 Å². The molecule has 3 unspecified atom stereocenters. The van der Waals surface area contributed by atoms with Crippen LogP contribution in [0.25, 0.3) is 11.1 Å². The van der Waals surface area contributed by atoms with E-state index in [-0.39, 0.29) is 30.8 Å². The number of aliphatic hydroxyl groups excluding tert-OH is 2. The number of nitrogens with one attached hydrogen (secondary N) is 1. The third-order valence-corrected chi connectivity index (χ3v) is 7.26. The maximum atomic E-state index is 12.0. The van der Waals surface area contributed by atoms with E-state index in [9.17, 15) is 14.1 Å². The number of aliphatic hydroxyl groups is 2. The zero-order valence-corrected chi connectivity index (χ0v) is 20.5. The van der Waals surface area contributed by atoms with Gasteiger partial charge in [-0.25, -0.2) is 4.21 Å². The van der Waals surface area contributed by atoms with Gasteiger partial charge in [-0.15, -0.1) is 0 Å². The molecule has 1 aliphatic heterocycles. The van der Waals surface area contributed by atoms with Gasteiger partial charge in [-0.3, -0.25) is 9.52 Å². The van der Waals surface area contributed by atoms with E-state index in [2.05, 4.69) is 16.9 Å². The van der Waals surface area contributed by atoms with Crippen LogP contribution >= 0.6 is 0 Å². The summed E-state index contributed by atoms with van der Waals surface area (Å²) in [5.74, 6) is 1.16. The van der Waals surface area contributed by atoms with Gasteiger partial charge in [-0.2, -0.15) is 0 Å². The van der Waals surface area contributed by atoms with Gasteiger partial charge in [-0.05, 0) is 77.6 Å². The van der Waals surface area contributed by atoms with Crippen molar-refractivity contribution in [1.82, 2.24) is 4.72 Å². The zero-order chi connectivity index (χ0) is 24.9. The normalized spacial score (nSPS) is 18.2. The molecule has 1 saturated heterocycles. The summed E-state index contributed by atoms with van der Waals surface area (Å²) in [5, 5.41) is 18.2. The number of hydrogen-bond donors (Lipinski definition) is 3. The van der Waals surface area contributed by atoms with Crippen molar-refractivity contribution in [2.75, 3.05) is 13.2 Å².